The van der Waals surface area contributed by atoms with E-state index < -0.39 is 12.5 Å². The van der Waals surface area contributed by atoms with Crippen LogP contribution in [0, 0.1) is 29.6 Å². The van der Waals surface area contributed by atoms with Crippen LogP contribution in [-0.4, -0.2) is 12.5 Å². The first kappa shape index (κ1) is 18.5. The van der Waals surface area contributed by atoms with Gasteiger partial charge in [-0.3, -0.25) is 4.74 Å². The Morgan fingerprint density at radius 1 is 0.750 bits per heavy atom. The van der Waals surface area contributed by atoms with Crippen molar-refractivity contribution in [1.29, 1.82) is 0 Å². The van der Waals surface area contributed by atoms with Gasteiger partial charge in [-0.2, -0.15) is 0 Å². The average molecular weight is 346 g/mol. The van der Waals surface area contributed by atoms with Gasteiger partial charge in [0.1, 0.15) is 0 Å². The topological polar surface area (TPSA) is 9.23 Å². The summed E-state index contributed by atoms with van der Waals surface area (Å²) in [5.41, 5.74) is 0. The van der Waals surface area contributed by atoms with Crippen molar-refractivity contribution in [1.82, 2.24) is 0 Å². The van der Waals surface area contributed by atoms with Gasteiger partial charge in [-0.15, -0.1) is 13.2 Å². The van der Waals surface area contributed by atoms with E-state index in [4.69, 9.17) is 0 Å². The predicted octanol–water partition coefficient (Wildman–Crippen LogP) is 6.71. The molecule has 0 spiro atoms. The number of hydrogen-bond donors (Lipinski definition) is 0. The molecule has 0 heterocycles. The molecule has 0 aromatic heterocycles. The third-order valence-electron chi connectivity index (χ3n) is 7.16. The zero-order chi connectivity index (χ0) is 17.2. The van der Waals surface area contributed by atoms with Crippen LogP contribution in [0.3, 0.4) is 0 Å². The Morgan fingerprint density at radius 2 is 1.29 bits per heavy atom. The molecule has 0 saturated heterocycles. The summed E-state index contributed by atoms with van der Waals surface area (Å²) in [5.74, 6) is 3.82. The standard InChI is InChI=1S/C20H33F3O/c1-2-3-14-4-6-15(7-5-14)16-8-9-18-13-19(24-20(21,22)23)11-10-17(18)12-16/h14-19H,2-13H2,1H3. The molecular weight excluding hydrogens is 313 g/mol. The van der Waals surface area contributed by atoms with Crippen molar-refractivity contribution in [3.8, 4) is 0 Å². The third-order valence-corrected chi connectivity index (χ3v) is 7.16. The molecule has 0 aromatic carbocycles. The molecule has 3 rings (SSSR count). The van der Waals surface area contributed by atoms with E-state index in [9.17, 15) is 13.2 Å². The van der Waals surface area contributed by atoms with Crippen molar-refractivity contribution in [3.05, 3.63) is 0 Å². The quantitative estimate of drug-likeness (QED) is 0.549. The van der Waals surface area contributed by atoms with E-state index in [1.54, 1.807) is 0 Å². The van der Waals surface area contributed by atoms with Crippen LogP contribution in [-0.2, 0) is 4.74 Å². The maximum atomic E-state index is 12.4. The highest BCUT2D eigenvalue weighted by Crippen LogP contribution is 2.49. The smallest absolute Gasteiger partial charge is 0.289 e. The minimum absolute atomic E-state index is 0.471. The van der Waals surface area contributed by atoms with E-state index in [1.165, 1.54) is 51.4 Å². The van der Waals surface area contributed by atoms with Gasteiger partial charge < -0.3 is 0 Å². The molecular formula is C20H33F3O. The SMILES string of the molecule is CCCC1CCC(C2CCC3CC(OC(F)(F)F)CCC3C2)CC1. The van der Waals surface area contributed by atoms with Gasteiger partial charge in [-0.25, -0.2) is 0 Å². The molecule has 3 fully saturated rings. The van der Waals surface area contributed by atoms with Crippen molar-refractivity contribution >= 4 is 0 Å². The zero-order valence-electron chi connectivity index (χ0n) is 15.0. The van der Waals surface area contributed by atoms with E-state index in [2.05, 4.69) is 11.7 Å². The maximum absolute atomic E-state index is 12.4. The van der Waals surface area contributed by atoms with E-state index in [-0.39, 0.29) is 0 Å². The van der Waals surface area contributed by atoms with Crippen molar-refractivity contribution in [2.24, 2.45) is 29.6 Å². The molecule has 3 aliphatic rings. The Bertz CT molecular complexity index is 387. The van der Waals surface area contributed by atoms with Crippen LogP contribution in [0.1, 0.15) is 84.0 Å². The first-order chi connectivity index (χ1) is 11.4. The fourth-order valence-corrected chi connectivity index (χ4v) is 5.96. The average Bonchev–Trinajstić information content (AvgIpc) is 2.54. The fourth-order valence-electron chi connectivity index (χ4n) is 5.96. The van der Waals surface area contributed by atoms with Crippen molar-refractivity contribution in [2.75, 3.05) is 0 Å². The highest BCUT2D eigenvalue weighted by Gasteiger charge is 2.42. The Labute approximate surface area is 144 Å². The number of rotatable bonds is 4. The number of halogens is 3. The monoisotopic (exact) mass is 346 g/mol. The van der Waals surface area contributed by atoms with E-state index in [0.29, 0.717) is 24.7 Å². The lowest BCUT2D eigenvalue weighted by molar-refractivity contribution is -0.347. The molecule has 4 heteroatoms. The molecule has 0 radical (unpaired) electrons. The van der Waals surface area contributed by atoms with Gasteiger partial charge in [0.25, 0.3) is 0 Å². The Morgan fingerprint density at radius 3 is 1.92 bits per heavy atom. The summed E-state index contributed by atoms with van der Waals surface area (Å²) < 4.78 is 41.6. The fraction of sp³-hybridized carbons (Fsp3) is 1.00. The highest BCUT2D eigenvalue weighted by molar-refractivity contribution is 4.89. The first-order valence-electron chi connectivity index (χ1n) is 10.2. The summed E-state index contributed by atoms with van der Waals surface area (Å²) >= 11 is 0. The van der Waals surface area contributed by atoms with Crippen molar-refractivity contribution in [2.45, 2.75) is 96.4 Å². The van der Waals surface area contributed by atoms with Gasteiger partial charge in [0.05, 0.1) is 6.10 Å². The minimum atomic E-state index is -4.47. The third kappa shape index (κ3) is 4.89. The number of fused-ring (bicyclic) bond motifs is 1. The largest absolute Gasteiger partial charge is 0.522 e. The van der Waals surface area contributed by atoms with E-state index >= 15 is 0 Å². The second-order valence-corrected chi connectivity index (χ2v) is 8.66. The molecule has 140 valence electrons. The maximum Gasteiger partial charge on any atom is 0.522 e. The molecule has 0 bridgehead atoms. The van der Waals surface area contributed by atoms with Crippen LogP contribution in [0.15, 0.2) is 0 Å². The summed E-state index contributed by atoms with van der Waals surface area (Å²) in [4.78, 5) is 0. The van der Waals surface area contributed by atoms with Crippen LogP contribution >= 0.6 is 0 Å². The van der Waals surface area contributed by atoms with Gasteiger partial charge >= 0.3 is 6.36 Å². The highest BCUT2D eigenvalue weighted by atomic mass is 19.4. The van der Waals surface area contributed by atoms with E-state index in [0.717, 1.165) is 30.6 Å². The molecule has 24 heavy (non-hydrogen) atoms. The Hall–Kier alpha value is -0.250. The van der Waals surface area contributed by atoms with Crippen molar-refractivity contribution in [3.63, 3.8) is 0 Å². The molecule has 4 unspecified atom stereocenters. The lowest BCUT2D eigenvalue weighted by Crippen LogP contribution is -2.38. The van der Waals surface area contributed by atoms with Crippen molar-refractivity contribution < 1.29 is 17.9 Å². The van der Waals surface area contributed by atoms with Gasteiger partial charge in [0.15, 0.2) is 0 Å². The number of hydrogen-bond acceptors (Lipinski definition) is 1. The van der Waals surface area contributed by atoms with Crippen LogP contribution in [0.5, 0.6) is 0 Å². The van der Waals surface area contributed by atoms with Gasteiger partial charge in [-0.1, -0.05) is 32.6 Å². The molecule has 3 aliphatic carbocycles. The normalized spacial score (nSPS) is 41.0. The number of alkyl halides is 3. The lowest BCUT2D eigenvalue weighted by Gasteiger charge is -2.45. The predicted molar refractivity (Wildman–Crippen MR) is 89.5 cm³/mol. The summed E-state index contributed by atoms with van der Waals surface area (Å²) in [6.45, 7) is 2.28. The number of ether oxygens (including phenoxy) is 1. The van der Waals surface area contributed by atoms with Crippen LogP contribution in [0.2, 0.25) is 0 Å². The van der Waals surface area contributed by atoms with Crippen LogP contribution in [0.25, 0.3) is 0 Å². The van der Waals surface area contributed by atoms with Gasteiger partial charge in [-0.05, 0) is 81.0 Å². The first-order valence-corrected chi connectivity index (χ1v) is 10.2. The summed E-state index contributed by atoms with van der Waals surface area (Å²) in [6.07, 6.45) is 9.04. The molecule has 0 amide bonds. The van der Waals surface area contributed by atoms with Gasteiger partial charge in [0, 0.05) is 0 Å². The van der Waals surface area contributed by atoms with Crippen LogP contribution in [0.4, 0.5) is 13.2 Å². The molecule has 0 aliphatic heterocycles. The molecule has 0 N–H and O–H groups in total. The molecule has 1 nitrogen and oxygen atoms in total. The minimum Gasteiger partial charge on any atom is -0.289 e. The summed E-state index contributed by atoms with van der Waals surface area (Å²) in [5, 5.41) is 0. The second kappa shape index (κ2) is 7.97. The second-order valence-electron chi connectivity index (χ2n) is 8.66. The Balaban J connectivity index is 1.45. The summed E-state index contributed by atoms with van der Waals surface area (Å²) in [7, 11) is 0. The molecule has 4 atom stereocenters. The van der Waals surface area contributed by atoms with E-state index in [1.807, 2.05) is 0 Å². The summed E-state index contributed by atoms with van der Waals surface area (Å²) in [6, 6.07) is 0. The van der Waals surface area contributed by atoms with Crippen LogP contribution < -0.4 is 0 Å². The molecule has 0 aromatic rings. The van der Waals surface area contributed by atoms with Gasteiger partial charge in [0.2, 0.25) is 0 Å². The Kier molecular flexibility index (Phi) is 6.16. The molecule has 3 saturated carbocycles. The lowest BCUT2D eigenvalue weighted by atomic mass is 9.62. The zero-order valence-corrected chi connectivity index (χ0v) is 15.0.